The van der Waals surface area contributed by atoms with Gasteiger partial charge in [0.15, 0.2) is 0 Å². The van der Waals surface area contributed by atoms with E-state index in [0.717, 1.165) is 12.8 Å². The van der Waals surface area contributed by atoms with Gasteiger partial charge in [-0.1, -0.05) is 44.5 Å². The van der Waals surface area contributed by atoms with Crippen LogP contribution in [0.25, 0.3) is 0 Å². The van der Waals surface area contributed by atoms with Crippen molar-refractivity contribution >= 4 is 0 Å². The molecule has 0 aliphatic rings. The van der Waals surface area contributed by atoms with E-state index in [2.05, 4.69) is 64.0 Å². The van der Waals surface area contributed by atoms with E-state index in [1.807, 2.05) is 0 Å². The van der Waals surface area contributed by atoms with Crippen molar-refractivity contribution < 1.29 is 0 Å². The molecular formula is C16H28N2. The van der Waals surface area contributed by atoms with Gasteiger partial charge in [0.1, 0.15) is 0 Å². The van der Waals surface area contributed by atoms with E-state index in [4.69, 9.17) is 5.73 Å². The molecule has 0 radical (unpaired) electrons. The summed E-state index contributed by atoms with van der Waals surface area (Å²) < 4.78 is 0. The average molecular weight is 248 g/mol. The number of rotatable bonds is 6. The zero-order chi connectivity index (χ0) is 13.8. The zero-order valence-electron chi connectivity index (χ0n) is 12.5. The highest BCUT2D eigenvalue weighted by molar-refractivity contribution is 5.28. The molecule has 0 aliphatic carbocycles. The third kappa shape index (κ3) is 3.12. The fraction of sp³-hybridized carbons (Fsp3) is 0.625. The van der Waals surface area contributed by atoms with Crippen LogP contribution < -0.4 is 5.73 Å². The van der Waals surface area contributed by atoms with Gasteiger partial charge in [0.25, 0.3) is 0 Å². The molecule has 0 aromatic heterocycles. The van der Waals surface area contributed by atoms with E-state index >= 15 is 0 Å². The lowest BCUT2D eigenvalue weighted by atomic mass is 9.83. The highest BCUT2D eigenvalue weighted by Crippen LogP contribution is 2.31. The average Bonchev–Trinajstić information content (AvgIpc) is 2.37. The SMILES string of the molecule is CCCc1cccc(C(N)C(C)(CC)N(C)C)c1. The third-order valence-corrected chi connectivity index (χ3v) is 4.26. The van der Waals surface area contributed by atoms with Crippen molar-refractivity contribution in [2.75, 3.05) is 14.1 Å². The second kappa shape index (κ2) is 6.35. The Morgan fingerprint density at radius 1 is 1.28 bits per heavy atom. The lowest BCUT2D eigenvalue weighted by Gasteiger charge is -2.41. The molecule has 2 N–H and O–H groups in total. The fourth-order valence-corrected chi connectivity index (χ4v) is 2.40. The second-order valence-corrected chi connectivity index (χ2v) is 5.58. The first-order valence-corrected chi connectivity index (χ1v) is 6.97. The number of likely N-dealkylation sites (N-methyl/N-ethyl adjacent to an activating group) is 1. The predicted molar refractivity (Wildman–Crippen MR) is 79.7 cm³/mol. The summed E-state index contributed by atoms with van der Waals surface area (Å²) in [5.74, 6) is 0. The molecule has 0 saturated heterocycles. The van der Waals surface area contributed by atoms with Crippen LogP contribution in [0.2, 0.25) is 0 Å². The molecule has 102 valence electrons. The van der Waals surface area contributed by atoms with Crippen LogP contribution >= 0.6 is 0 Å². The summed E-state index contributed by atoms with van der Waals surface area (Å²) in [4.78, 5) is 2.24. The molecule has 0 amide bonds. The summed E-state index contributed by atoms with van der Waals surface area (Å²) in [6.07, 6.45) is 3.35. The van der Waals surface area contributed by atoms with Gasteiger partial charge >= 0.3 is 0 Å². The van der Waals surface area contributed by atoms with Crippen LogP contribution in [-0.4, -0.2) is 24.5 Å². The van der Waals surface area contributed by atoms with Gasteiger partial charge in [-0.05, 0) is 45.0 Å². The molecular weight excluding hydrogens is 220 g/mol. The van der Waals surface area contributed by atoms with E-state index in [1.165, 1.54) is 17.5 Å². The maximum Gasteiger partial charge on any atom is 0.0479 e. The van der Waals surface area contributed by atoms with Gasteiger partial charge < -0.3 is 10.6 Å². The summed E-state index contributed by atoms with van der Waals surface area (Å²) in [6.45, 7) is 6.66. The Morgan fingerprint density at radius 3 is 2.44 bits per heavy atom. The first-order valence-electron chi connectivity index (χ1n) is 6.97. The first-order chi connectivity index (χ1) is 8.45. The number of nitrogens with two attached hydrogens (primary N) is 1. The van der Waals surface area contributed by atoms with Crippen molar-refractivity contribution in [2.24, 2.45) is 5.73 Å². The lowest BCUT2D eigenvalue weighted by molar-refractivity contribution is 0.132. The molecule has 1 rings (SSSR count). The largest absolute Gasteiger partial charge is 0.322 e. The van der Waals surface area contributed by atoms with Gasteiger partial charge in [-0.25, -0.2) is 0 Å². The predicted octanol–water partition coefficient (Wildman–Crippen LogP) is 3.37. The van der Waals surface area contributed by atoms with Crippen molar-refractivity contribution in [3.63, 3.8) is 0 Å². The highest BCUT2D eigenvalue weighted by atomic mass is 15.2. The topological polar surface area (TPSA) is 29.3 Å². The van der Waals surface area contributed by atoms with Gasteiger partial charge in [0.05, 0.1) is 0 Å². The van der Waals surface area contributed by atoms with E-state index < -0.39 is 0 Å². The molecule has 2 heteroatoms. The van der Waals surface area contributed by atoms with Crippen LogP contribution in [0.3, 0.4) is 0 Å². The smallest absolute Gasteiger partial charge is 0.0479 e. The standard InChI is InChI=1S/C16H28N2/c1-6-9-13-10-8-11-14(12-13)15(17)16(3,7-2)18(4)5/h8,10-12,15H,6-7,9,17H2,1-5H3. The minimum atomic E-state index is 0.00480. The summed E-state index contributed by atoms with van der Waals surface area (Å²) in [7, 11) is 4.22. The van der Waals surface area contributed by atoms with Crippen LogP contribution in [0.1, 0.15) is 50.8 Å². The van der Waals surface area contributed by atoms with Crippen molar-refractivity contribution in [1.82, 2.24) is 4.90 Å². The normalized spacial score (nSPS) is 16.6. The van der Waals surface area contributed by atoms with Crippen LogP contribution in [0.5, 0.6) is 0 Å². The second-order valence-electron chi connectivity index (χ2n) is 5.58. The molecule has 0 heterocycles. The van der Waals surface area contributed by atoms with Crippen molar-refractivity contribution in [3.05, 3.63) is 35.4 Å². The van der Waals surface area contributed by atoms with Crippen molar-refractivity contribution in [2.45, 2.75) is 51.6 Å². The monoisotopic (exact) mass is 248 g/mol. The number of hydrogen-bond donors (Lipinski definition) is 1. The molecule has 1 aromatic carbocycles. The Kier molecular flexibility index (Phi) is 5.36. The molecule has 2 nitrogen and oxygen atoms in total. The molecule has 0 aliphatic heterocycles. The Balaban J connectivity index is 3.01. The molecule has 0 spiro atoms. The quantitative estimate of drug-likeness (QED) is 0.836. The molecule has 0 fully saturated rings. The number of nitrogens with zero attached hydrogens (tertiary/aromatic N) is 1. The summed E-state index contributed by atoms with van der Waals surface area (Å²) >= 11 is 0. The first kappa shape index (κ1) is 15.2. The lowest BCUT2D eigenvalue weighted by Crippen LogP contribution is -2.49. The van der Waals surface area contributed by atoms with Gasteiger partial charge in [0, 0.05) is 11.6 Å². The number of hydrogen-bond acceptors (Lipinski definition) is 2. The van der Waals surface area contributed by atoms with E-state index in [0.29, 0.717) is 0 Å². The Morgan fingerprint density at radius 2 is 1.94 bits per heavy atom. The summed E-state index contributed by atoms with van der Waals surface area (Å²) in [5, 5.41) is 0. The maximum atomic E-state index is 6.51. The van der Waals surface area contributed by atoms with Crippen LogP contribution in [0, 0.1) is 0 Å². The molecule has 0 saturated carbocycles. The molecule has 0 bridgehead atoms. The van der Waals surface area contributed by atoms with Crippen molar-refractivity contribution in [3.8, 4) is 0 Å². The maximum absolute atomic E-state index is 6.51. The molecule has 2 atom stereocenters. The third-order valence-electron chi connectivity index (χ3n) is 4.26. The Bertz CT molecular complexity index is 373. The van der Waals surface area contributed by atoms with E-state index in [-0.39, 0.29) is 11.6 Å². The molecule has 1 aromatic rings. The van der Waals surface area contributed by atoms with Gasteiger partial charge in [-0.2, -0.15) is 0 Å². The van der Waals surface area contributed by atoms with Gasteiger partial charge in [0.2, 0.25) is 0 Å². The molecule has 18 heavy (non-hydrogen) atoms. The van der Waals surface area contributed by atoms with Crippen LogP contribution in [-0.2, 0) is 6.42 Å². The zero-order valence-corrected chi connectivity index (χ0v) is 12.5. The van der Waals surface area contributed by atoms with Crippen molar-refractivity contribution in [1.29, 1.82) is 0 Å². The highest BCUT2D eigenvalue weighted by Gasteiger charge is 2.33. The van der Waals surface area contributed by atoms with E-state index in [1.54, 1.807) is 0 Å². The van der Waals surface area contributed by atoms with Gasteiger partial charge in [-0.3, -0.25) is 0 Å². The van der Waals surface area contributed by atoms with Gasteiger partial charge in [-0.15, -0.1) is 0 Å². The Hall–Kier alpha value is -0.860. The van der Waals surface area contributed by atoms with E-state index in [9.17, 15) is 0 Å². The molecule has 2 unspecified atom stereocenters. The number of aryl methyl sites for hydroxylation is 1. The fourth-order valence-electron chi connectivity index (χ4n) is 2.40. The minimum Gasteiger partial charge on any atom is -0.322 e. The van der Waals surface area contributed by atoms with Crippen LogP contribution in [0.4, 0.5) is 0 Å². The van der Waals surface area contributed by atoms with Crippen LogP contribution in [0.15, 0.2) is 24.3 Å². The minimum absolute atomic E-state index is 0.00480. The number of benzene rings is 1. The summed E-state index contributed by atoms with van der Waals surface area (Å²) in [6, 6.07) is 8.80. The Labute approximate surface area is 112 Å². The summed E-state index contributed by atoms with van der Waals surface area (Å²) in [5.41, 5.74) is 9.15.